The maximum atomic E-state index is 5.15. The van der Waals surface area contributed by atoms with Gasteiger partial charge in [0.05, 0.1) is 5.01 Å². The summed E-state index contributed by atoms with van der Waals surface area (Å²) in [6.45, 7) is 1.97. The van der Waals surface area contributed by atoms with E-state index in [1.54, 1.807) is 11.3 Å². The number of aromatic nitrogens is 3. The number of hydrogen-bond acceptors (Lipinski definition) is 5. The fourth-order valence-electron chi connectivity index (χ4n) is 1.45. The number of fused-ring (bicyclic) bond motifs is 1. The molecule has 0 saturated heterocycles. The first-order valence-corrected chi connectivity index (χ1v) is 5.20. The van der Waals surface area contributed by atoms with Crippen molar-refractivity contribution in [2.45, 2.75) is 6.92 Å². The molecule has 0 fully saturated rings. The Bertz CT molecular complexity index is 606. The molecule has 2 aromatic heterocycles. The van der Waals surface area contributed by atoms with Gasteiger partial charge in [-0.1, -0.05) is 5.56 Å². The molecule has 0 aliphatic rings. The smallest absolute Gasteiger partial charge is 0.192 e. The van der Waals surface area contributed by atoms with Crippen molar-refractivity contribution in [3.63, 3.8) is 0 Å². The molecule has 83 valence electrons. The van der Waals surface area contributed by atoms with Crippen LogP contribution in [0, 0.1) is 13.0 Å². The molecule has 0 saturated carbocycles. The number of aryl methyl sites for hydroxylation is 1. The van der Waals surface area contributed by atoms with Crippen molar-refractivity contribution >= 4 is 21.6 Å². The van der Waals surface area contributed by atoms with Gasteiger partial charge in [-0.05, 0) is 11.6 Å². The zero-order valence-corrected chi connectivity index (χ0v) is 11.4. The van der Waals surface area contributed by atoms with E-state index in [9.17, 15) is 0 Å². The summed E-state index contributed by atoms with van der Waals surface area (Å²) in [7, 11) is 0. The summed E-state index contributed by atoms with van der Waals surface area (Å²) in [4.78, 5) is 4.43. The fourth-order valence-corrected chi connectivity index (χ4v) is 2.28. The monoisotopic (exact) mass is 409 g/mol. The van der Waals surface area contributed by atoms with Crippen molar-refractivity contribution in [2.24, 2.45) is 0 Å². The minimum absolute atomic E-state index is 0. The van der Waals surface area contributed by atoms with Gasteiger partial charge in [0.15, 0.2) is 12.3 Å². The quantitative estimate of drug-likeness (QED) is 0.581. The van der Waals surface area contributed by atoms with Crippen LogP contribution in [0.4, 0.5) is 0 Å². The van der Waals surface area contributed by atoms with Crippen molar-refractivity contribution in [3.05, 3.63) is 29.6 Å². The largest absolute Gasteiger partial charge is 0.470 e. The zero-order chi connectivity index (χ0) is 10.3. The summed E-state index contributed by atoms with van der Waals surface area (Å²) in [5.41, 5.74) is 1.65. The SMILES string of the molecule is Cc1nc2c(-c3nnco3)[c-]ccc2s1.[Ir]. The molecule has 0 aliphatic carbocycles. The molecule has 0 unspecified atom stereocenters. The Labute approximate surface area is 109 Å². The Kier molecular flexibility index (Phi) is 3.14. The van der Waals surface area contributed by atoms with Crippen LogP contribution in [0.25, 0.3) is 21.7 Å². The molecule has 0 bridgehead atoms. The van der Waals surface area contributed by atoms with Crippen LogP contribution in [-0.2, 0) is 20.1 Å². The van der Waals surface area contributed by atoms with E-state index in [2.05, 4.69) is 21.2 Å². The molecule has 3 rings (SSSR count). The van der Waals surface area contributed by atoms with E-state index in [1.165, 1.54) is 6.39 Å². The molecule has 6 heteroatoms. The first-order chi connectivity index (χ1) is 7.34. The average Bonchev–Trinajstić information content (AvgIpc) is 2.82. The number of rotatable bonds is 1. The van der Waals surface area contributed by atoms with E-state index in [4.69, 9.17) is 4.42 Å². The Morgan fingerprint density at radius 2 is 2.31 bits per heavy atom. The van der Waals surface area contributed by atoms with Crippen LogP contribution in [0.3, 0.4) is 0 Å². The molecule has 3 aromatic rings. The van der Waals surface area contributed by atoms with Gasteiger partial charge in [0.1, 0.15) is 0 Å². The van der Waals surface area contributed by atoms with Gasteiger partial charge in [-0.2, -0.15) is 5.10 Å². The van der Waals surface area contributed by atoms with Gasteiger partial charge < -0.3 is 4.42 Å². The van der Waals surface area contributed by atoms with E-state index in [1.807, 2.05) is 19.1 Å². The topological polar surface area (TPSA) is 51.8 Å². The molecule has 1 aromatic carbocycles. The van der Waals surface area contributed by atoms with Gasteiger partial charge in [0.2, 0.25) is 0 Å². The fraction of sp³-hybridized carbons (Fsp3) is 0.100. The molecule has 16 heavy (non-hydrogen) atoms. The summed E-state index contributed by atoms with van der Waals surface area (Å²) in [5, 5.41) is 8.53. The Hall–Kier alpha value is -1.10. The summed E-state index contributed by atoms with van der Waals surface area (Å²) in [6, 6.07) is 6.91. The van der Waals surface area contributed by atoms with Crippen LogP contribution < -0.4 is 0 Å². The van der Waals surface area contributed by atoms with E-state index < -0.39 is 0 Å². The van der Waals surface area contributed by atoms with Gasteiger partial charge in [0.25, 0.3) is 0 Å². The minimum atomic E-state index is 0. The number of thiazole rings is 1. The molecule has 0 atom stereocenters. The molecule has 0 spiro atoms. The third-order valence-corrected chi connectivity index (χ3v) is 2.97. The molecule has 4 nitrogen and oxygen atoms in total. The van der Waals surface area contributed by atoms with Crippen LogP contribution in [0.2, 0.25) is 0 Å². The maximum Gasteiger partial charge on any atom is 0.192 e. The Balaban J connectivity index is 0.000000963. The van der Waals surface area contributed by atoms with Gasteiger partial charge >= 0.3 is 0 Å². The summed E-state index contributed by atoms with van der Waals surface area (Å²) in [6.07, 6.45) is 1.31. The predicted molar refractivity (Wildman–Crippen MR) is 56.5 cm³/mol. The predicted octanol–water partition coefficient (Wildman–Crippen LogP) is 2.45. The van der Waals surface area contributed by atoms with E-state index in [-0.39, 0.29) is 20.1 Å². The van der Waals surface area contributed by atoms with Crippen molar-refractivity contribution in [1.82, 2.24) is 15.2 Å². The van der Waals surface area contributed by atoms with Crippen LogP contribution in [-0.4, -0.2) is 15.2 Å². The Morgan fingerprint density at radius 3 is 3.06 bits per heavy atom. The van der Waals surface area contributed by atoms with E-state index >= 15 is 0 Å². The van der Waals surface area contributed by atoms with Gasteiger partial charge in [-0.3, -0.25) is 4.98 Å². The molecule has 0 amide bonds. The van der Waals surface area contributed by atoms with Crippen molar-refractivity contribution < 1.29 is 24.5 Å². The minimum Gasteiger partial charge on any atom is -0.470 e. The van der Waals surface area contributed by atoms with Crippen LogP contribution in [0.15, 0.2) is 22.9 Å². The third-order valence-electron chi connectivity index (χ3n) is 2.03. The maximum absolute atomic E-state index is 5.15. The van der Waals surface area contributed by atoms with Gasteiger partial charge in [-0.15, -0.1) is 34.6 Å². The molecule has 1 radical (unpaired) electrons. The molecule has 0 aliphatic heterocycles. The first kappa shape index (κ1) is 11.4. The van der Waals surface area contributed by atoms with Crippen molar-refractivity contribution in [1.29, 1.82) is 0 Å². The van der Waals surface area contributed by atoms with Gasteiger partial charge in [-0.25, -0.2) is 0 Å². The van der Waals surface area contributed by atoms with Crippen molar-refractivity contribution in [3.8, 4) is 11.5 Å². The molecular weight excluding hydrogens is 402 g/mol. The average molecular weight is 408 g/mol. The number of benzene rings is 1. The van der Waals surface area contributed by atoms with E-state index in [0.717, 1.165) is 20.8 Å². The first-order valence-electron chi connectivity index (χ1n) is 4.39. The Morgan fingerprint density at radius 1 is 1.44 bits per heavy atom. The number of nitrogens with zero attached hydrogens (tertiary/aromatic N) is 3. The summed E-state index contributed by atoms with van der Waals surface area (Å²) >= 11 is 1.64. The van der Waals surface area contributed by atoms with Crippen LogP contribution in [0.5, 0.6) is 0 Å². The van der Waals surface area contributed by atoms with Crippen LogP contribution >= 0.6 is 11.3 Å². The molecule has 2 heterocycles. The van der Waals surface area contributed by atoms with Gasteiger partial charge in [0, 0.05) is 25.6 Å². The zero-order valence-electron chi connectivity index (χ0n) is 8.22. The second-order valence-corrected chi connectivity index (χ2v) is 4.28. The van der Waals surface area contributed by atoms with Crippen LogP contribution in [0.1, 0.15) is 5.01 Å². The third kappa shape index (κ3) is 1.79. The summed E-state index contributed by atoms with van der Waals surface area (Å²) in [5.74, 6) is 0.464. The van der Waals surface area contributed by atoms with Crippen molar-refractivity contribution in [2.75, 3.05) is 0 Å². The van der Waals surface area contributed by atoms with E-state index in [0.29, 0.717) is 5.89 Å². The molecular formula is C10H6IrN3OS-. The molecule has 0 N–H and O–H groups in total. The normalized spacial score (nSPS) is 10.3. The summed E-state index contributed by atoms with van der Waals surface area (Å²) < 4.78 is 6.26. The second-order valence-electron chi connectivity index (χ2n) is 3.04. The number of hydrogen-bond donors (Lipinski definition) is 0. The second kappa shape index (κ2) is 4.41. The standard InChI is InChI=1S/C10H6N3OS.Ir/c1-6-12-9-7(10-13-11-5-14-10)3-2-4-8(9)15-6;/h2,4-5H,1H3;/q-1;.